The van der Waals surface area contributed by atoms with Crippen LogP contribution in [0.2, 0.25) is 0 Å². The first-order chi connectivity index (χ1) is 17.8. The second-order valence-corrected chi connectivity index (χ2v) is 16.6. The van der Waals surface area contributed by atoms with Crippen molar-refractivity contribution < 1.29 is 4.79 Å². The molecule has 0 saturated heterocycles. The van der Waals surface area contributed by atoms with E-state index in [-0.39, 0.29) is 5.78 Å². The number of carbonyl (C=O) groups excluding carboxylic acids is 1. The van der Waals surface area contributed by atoms with Gasteiger partial charge in [-0.2, -0.15) is 0 Å². The van der Waals surface area contributed by atoms with Crippen molar-refractivity contribution in [3.05, 3.63) is 66.9 Å². The van der Waals surface area contributed by atoms with E-state index < -0.39 is 0 Å². The average Bonchev–Trinajstić information content (AvgIpc) is 3.65. The van der Waals surface area contributed by atoms with E-state index in [9.17, 15) is 4.79 Å². The van der Waals surface area contributed by atoms with Crippen molar-refractivity contribution in [2.75, 3.05) is 0 Å². The monoisotopic (exact) mass is 590 g/mol. The van der Waals surface area contributed by atoms with Gasteiger partial charge in [0, 0.05) is 61.4 Å². The van der Waals surface area contributed by atoms with E-state index in [0.717, 1.165) is 4.88 Å². The van der Waals surface area contributed by atoms with Crippen LogP contribution in [-0.4, -0.2) is 5.78 Å². The van der Waals surface area contributed by atoms with Crippen LogP contribution < -0.4 is 0 Å². The van der Waals surface area contributed by atoms with Gasteiger partial charge in [-0.1, -0.05) is 0 Å². The molecule has 6 aromatic heterocycles. The third kappa shape index (κ3) is 3.74. The lowest BCUT2D eigenvalue weighted by molar-refractivity contribution is 0.102. The molecular formula is C30H22OS6. The fourth-order valence-corrected chi connectivity index (χ4v) is 11.8. The Morgan fingerprint density at radius 1 is 0.568 bits per heavy atom. The minimum Gasteiger partial charge on any atom is -0.294 e. The molecule has 0 amide bonds. The Bertz CT molecular complexity index is 2010. The van der Waals surface area contributed by atoms with Crippen molar-refractivity contribution in [2.24, 2.45) is 0 Å². The van der Waals surface area contributed by atoms with Gasteiger partial charge in [-0.25, -0.2) is 0 Å². The first-order valence-electron chi connectivity index (χ1n) is 12.0. The zero-order chi connectivity index (χ0) is 25.6. The van der Waals surface area contributed by atoms with Gasteiger partial charge >= 0.3 is 0 Å². The van der Waals surface area contributed by atoms with Crippen LogP contribution in [0.1, 0.15) is 36.1 Å². The van der Waals surface area contributed by atoms with E-state index in [1.165, 1.54) is 80.4 Å². The zero-order valence-electron chi connectivity index (χ0n) is 20.9. The Morgan fingerprint density at radius 3 is 1.78 bits per heavy atom. The Hall–Kier alpha value is -2.13. The van der Waals surface area contributed by atoms with Crippen LogP contribution in [-0.2, 0) is 0 Å². The Morgan fingerprint density at radius 2 is 1.19 bits per heavy atom. The number of Topliss-reactive ketones (excluding diaryl/α,β-unsaturated/α-hetero) is 1. The van der Waals surface area contributed by atoms with Crippen molar-refractivity contribution in [2.45, 2.75) is 34.6 Å². The molecule has 7 rings (SSSR count). The molecule has 7 aromatic rings. The fraction of sp³-hybridized carbons (Fsp3) is 0.167. The van der Waals surface area contributed by atoms with Crippen LogP contribution in [0.25, 0.3) is 60.9 Å². The predicted octanol–water partition coefficient (Wildman–Crippen LogP) is 12.0. The molecule has 0 aliphatic heterocycles. The average molecular weight is 591 g/mol. The van der Waals surface area contributed by atoms with Crippen molar-refractivity contribution in [3.63, 3.8) is 0 Å². The van der Waals surface area contributed by atoms with E-state index >= 15 is 0 Å². The number of rotatable bonds is 4. The Labute approximate surface area is 239 Å². The van der Waals surface area contributed by atoms with Gasteiger partial charge in [0.15, 0.2) is 5.78 Å². The van der Waals surface area contributed by atoms with Gasteiger partial charge in [0.25, 0.3) is 0 Å². The van der Waals surface area contributed by atoms with Crippen molar-refractivity contribution in [3.8, 4) is 30.6 Å². The first-order valence-corrected chi connectivity index (χ1v) is 16.9. The van der Waals surface area contributed by atoms with Crippen LogP contribution in [0, 0.1) is 27.7 Å². The number of thiophene rings is 6. The largest absolute Gasteiger partial charge is 0.294 e. The highest BCUT2D eigenvalue weighted by molar-refractivity contribution is 7.33. The molecule has 1 nitrogen and oxygen atoms in total. The molecule has 6 heterocycles. The van der Waals surface area contributed by atoms with Gasteiger partial charge in [0.2, 0.25) is 0 Å². The molecule has 0 spiro atoms. The number of fused-ring (bicyclic) bond motifs is 4. The summed E-state index contributed by atoms with van der Waals surface area (Å²) in [5.74, 6) is 0.148. The highest BCUT2D eigenvalue weighted by Crippen LogP contribution is 2.54. The summed E-state index contributed by atoms with van der Waals surface area (Å²) in [4.78, 5) is 23.6. The number of carbonyl (C=O) groups is 1. The van der Waals surface area contributed by atoms with E-state index in [1.807, 2.05) is 56.7 Å². The van der Waals surface area contributed by atoms with E-state index in [4.69, 9.17) is 0 Å². The molecule has 0 fully saturated rings. The molecule has 7 heteroatoms. The molecule has 0 saturated carbocycles. The number of ketones is 1. The summed E-state index contributed by atoms with van der Waals surface area (Å²) in [6.45, 7) is 10.5. The standard InChI is InChI=1S/C30H22OS6/c1-13-6-8-21(32-13)25-19-10-15(3)34-28(19)29-20(26(25)22-9-7-14(2)33-22)12-24(37-29)30-27-18(17(5)35-30)11-23(36-27)16(4)31/h6-12H,1-5H3. The van der Waals surface area contributed by atoms with Crippen LogP contribution in [0.5, 0.6) is 0 Å². The summed E-state index contributed by atoms with van der Waals surface area (Å²) in [6, 6.07) is 16.0. The molecule has 0 radical (unpaired) electrons. The summed E-state index contributed by atoms with van der Waals surface area (Å²) in [6.07, 6.45) is 0. The highest BCUT2D eigenvalue weighted by atomic mass is 32.1. The molecule has 0 N–H and O–H groups in total. The maximum atomic E-state index is 12.2. The minimum atomic E-state index is 0.148. The molecule has 1 aromatic carbocycles. The van der Waals surface area contributed by atoms with Crippen molar-refractivity contribution in [1.29, 1.82) is 0 Å². The maximum Gasteiger partial charge on any atom is 0.169 e. The summed E-state index contributed by atoms with van der Waals surface area (Å²) in [5.41, 5.74) is 2.74. The second kappa shape index (κ2) is 8.70. The van der Waals surface area contributed by atoms with Gasteiger partial charge in [-0.05, 0) is 77.1 Å². The minimum absolute atomic E-state index is 0.148. The predicted molar refractivity (Wildman–Crippen MR) is 171 cm³/mol. The van der Waals surface area contributed by atoms with Gasteiger partial charge in [0.1, 0.15) is 0 Å². The topological polar surface area (TPSA) is 17.1 Å². The SMILES string of the molecule is CC(=O)c1cc2c(C)sc(-c3cc4c(-c5ccc(C)s5)c(-c5ccc(C)s5)c5cc(C)sc5c4s3)c2s1. The van der Waals surface area contributed by atoms with E-state index in [2.05, 4.69) is 70.2 Å². The van der Waals surface area contributed by atoms with Crippen LogP contribution >= 0.6 is 68.0 Å². The quantitative estimate of drug-likeness (QED) is 0.186. The fourth-order valence-electron chi connectivity index (χ4n) is 5.06. The number of benzene rings is 1. The van der Waals surface area contributed by atoms with Gasteiger partial charge in [0.05, 0.1) is 23.9 Å². The van der Waals surface area contributed by atoms with E-state index in [0.29, 0.717) is 0 Å². The van der Waals surface area contributed by atoms with Crippen molar-refractivity contribution in [1.82, 2.24) is 0 Å². The highest BCUT2D eigenvalue weighted by Gasteiger charge is 2.25. The van der Waals surface area contributed by atoms with E-state index in [1.54, 1.807) is 18.3 Å². The summed E-state index contributed by atoms with van der Waals surface area (Å²) in [7, 11) is 0. The Kier molecular flexibility index (Phi) is 5.63. The lowest BCUT2D eigenvalue weighted by Gasteiger charge is -2.11. The molecule has 0 bridgehead atoms. The number of hydrogen-bond donors (Lipinski definition) is 0. The summed E-state index contributed by atoms with van der Waals surface area (Å²) in [5, 5.41) is 3.95. The lowest BCUT2D eigenvalue weighted by Crippen LogP contribution is -1.84. The van der Waals surface area contributed by atoms with Gasteiger partial charge < -0.3 is 0 Å². The summed E-state index contributed by atoms with van der Waals surface area (Å²) >= 11 is 11.1. The summed E-state index contributed by atoms with van der Waals surface area (Å²) < 4.78 is 4.02. The smallest absolute Gasteiger partial charge is 0.169 e. The zero-order valence-corrected chi connectivity index (χ0v) is 25.8. The van der Waals surface area contributed by atoms with Crippen LogP contribution in [0.15, 0.2) is 42.5 Å². The molecule has 184 valence electrons. The lowest BCUT2D eigenvalue weighted by atomic mass is 9.96. The molecular weight excluding hydrogens is 569 g/mol. The molecule has 0 atom stereocenters. The molecule has 0 unspecified atom stereocenters. The third-order valence-electron chi connectivity index (χ3n) is 6.70. The first kappa shape index (κ1) is 23.9. The normalized spacial score (nSPS) is 12.0. The van der Waals surface area contributed by atoms with Crippen LogP contribution in [0.4, 0.5) is 0 Å². The third-order valence-corrected chi connectivity index (χ3v) is 13.8. The Balaban J connectivity index is 1.61. The van der Waals surface area contributed by atoms with Gasteiger partial charge in [-0.3, -0.25) is 4.79 Å². The maximum absolute atomic E-state index is 12.2. The van der Waals surface area contributed by atoms with Crippen molar-refractivity contribution >= 4 is 104 Å². The molecule has 0 aliphatic rings. The number of hydrogen-bond acceptors (Lipinski definition) is 7. The number of aryl methyl sites for hydroxylation is 4. The second-order valence-electron chi connectivity index (χ2n) is 9.42. The molecule has 0 aliphatic carbocycles. The van der Waals surface area contributed by atoms with Gasteiger partial charge in [-0.15, -0.1) is 68.0 Å². The molecule has 37 heavy (non-hydrogen) atoms. The van der Waals surface area contributed by atoms with Crippen LogP contribution in [0.3, 0.4) is 0 Å².